The first-order valence-corrected chi connectivity index (χ1v) is 9.53. The van der Waals surface area contributed by atoms with Crippen molar-refractivity contribution in [2.75, 3.05) is 18.2 Å². The van der Waals surface area contributed by atoms with Gasteiger partial charge in [0.25, 0.3) is 5.91 Å². The first-order chi connectivity index (χ1) is 12.6. The van der Waals surface area contributed by atoms with Gasteiger partial charge in [0.15, 0.2) is 6.61 Å². The highest BCUT2D eigenvalue weighted by atomic mass is 32.2. The van der Waals surface area contributed by atoms with Crippen LogP contribution in [0.15, 0.2) is 59.6 Å². The summed E-state index contributed by atoms with van der Waals surface area (Å²) in [5, 5.41) is 3.57. The molecule has 5 nitrogen and oxygen atoms in total. The van der Waals surface area contributed by atoms with Crippen molar-refractivity contribution in [2.45, 2.75) is 18.4 Å². The number of carbonyl (C=O) groups excluding carboxylic acids is 2. The SMILES string of the molecule is CCn1cc(C(=O)OCC(=O)Nc2cccc(SC)c2)c2ccccc21. The van der Waals surface area contributed by atoms with Crippen LogP contribution in [0, 0.1) is 0 Å². The summed E-state index contributed by atoms with van der Waals surface area (Å²) in [5.41, 5.74) is 2.13. The number of esters is 1. The minimum atomic E-state index is -0.499. The lowest BCUT2D eigenvalue weighted by Crippen LogP contribution is -2.20. The maximum absolute atomic E-state index is 12.4. The molecular weight excluding hydrogens is 348 g/mol. The number of nitrogens with one attached hydrogen (secondary N) is 1. The molecule has 0 spiro atoms. The number of hydrogen-bond acceptors (Lipinski definition) is 4. The number of benzene rings is 2. The molecule has 0 aliphatic heterocycles. The summed E-state index contributed by atoms with van der Waals surface area (Å²) in [5.74, 6) is -0.864. The van der Waals surface area contributed by atoms with E-state index in [-0.39, 0.29) is 12.5 Å². The van der Waals surface area contributed by atoms with Gasteiger partial charge in [-0.2, -0.15) is 0 Å². The summed E-state index contributed by atoms with van der Waals surface area (Å²) in [7, 11) is 0. The fourth-order valence-electron chi connectivity index (χ4n) is 2.78. The molecule has 134 valence electrons. The first-order valence-electron chi connectivity index (χ1n) is 8.31. The van der Waals surface area contributed by atoms with E-state index >= 15 is 0 Å². The van der Waals surface area contributed by atoms with Crippen LogP contribution in [-0.4, -0.2) is 29.3 Å². The Morgan fingerprint density at radius 2 is 1.96 bits per heavy atom. The van der Waals surface area contributed by atoms with E-state index in [1.807, 2.05) is 60.2 Å². The Labute approximate surface area is 156 Å². The van der Waals surface area contributed by atoms with Gasteiger partial charge in [0.05, 0.1) is 5.56 Å². The van der Waals surface area contributed by atoms with Crippen LogP contribution in [-0.2, 0) is 16.1 Å². The van der Waals surface area contributed by atoms with Crippen molar-refractivity contribution in [3.63, 3.8) is 0 Å². The summed E-state index contributed by atoms with van der Waals surface area (Å²) in [6.07, 6.45) is 3.74. The highest BCUT2D eigenvalue weighted by molar-refractivity contribution is 7.98. The van der Waals surface area contributed by atoms with Gasteiger partial charge in [-0.3, -0.25) is 4.79 Å². The monoisotopic (exact) mass is 368 g/mol. The Kier molecular flexibility index (Phi) is 5.63. The normalized spacial score (nSPS) is 10.7. The summed E-state index contributed by atoms with van der Waals surface area (Å²) >= 11 is 1.59. The zero-order valence-electron chi connectivity index (χ0n) is 14.7. The van der Waals surface area contributed by atoms with Gasteiger partial charge < -0.3 is 14.6 Å². The van der Waals surface area contributed by atoms with E-state index in [0.717, 1.165) is 22.3 Å². The third-order valence-electron chi connectivity index (χ3n) is 4.04. The predicted octanol–water partition coefficient (Wildman–Crippen LogP) is 4.18. The molecule has 0 atom stereocenters. The second-order valence-corrected chi connectivity index (χ2v) is 6.58. The Bertz CT molecular complexity index is 949. The Balaban J connectivity index is 1.66. The van der Waals surface area contributed by atoms with Crippen LogP contribution >= 0.6 is 11.8 Å². The summed E-state index contributed by atoms with van der Waals surface area (Å²) in [6.45, 7) is 2.44. The van der Waals surface area contributed by atoms with Gasteiger partial charge in [0.2, 0.25) is 0 Å². The van der Waals surface area contributed by atoms with E-state index in [1.54, 1.807) is 24.0 Å². The van der Waals surface area contributed by atoms with E-state index in [9.17, 15) is 9.59 Å². The largest absolute Gasteiger partial charge is 0.452 e. The topological polar surface area (TPSA) is 60.3 Å². The molecule has 26 heavy (non-hydrogen) atoms. The fraction of sp³-hybridized carbons (Fsp3) is 0.200. The van der Waals surface area contributed by atoms with Gasteiger partial charge in [-0.25, -0.2) is 4.79 Å². The van der Waals surface area contributed by atoms with Crippen LogP contribution in [0.4, 0.5) is 5.69 Å². The highest BCUT2D eigenvalue weighted by Gasteiger charge is 2.17. The lowest BCUT2D eigenvalue weighted by molar-refractivity contribution is -0.119. The molecule has 2 aromatic carbocycles. The number of ether oxygens (including phenoxy) is 1. The molecule has 6 heteroatoms. The Morgan fingerprint density at radius 3 is 2.73 bits per heavy atom. The number of aromatic nitrogens is 1. The van der Waals surface area contributed by atoms with Gasteiger partial charge in [0.1, 0.15) is 0 Å². The molecule has 3 rings (SSSR count). The molecule has 0 fully saturated rings. The van der Waals surface area contributed by atoms with Gasteiger partial charge >= 0.3 is 5.97 Å². The Morgan fingerprint density at radius 1 is 1.15 bits per heavy atom. The quantitative estimate of drug-likeness (QED) is 0.524. The van der Waals surface area contributed by atoms with Crippen molar-refractivity contribution < 1.29 is 14.3 Å². The number of fused-ring (bicyclic) bond motifs is 1. The fourth-order valence-corrected chi connectivity index (χ4v) is 3.24. The number of anilines is 1. The van der Waals surface area contributed by atoms with Gasteiger partial charge in [-0.15, -0.1) is 11.8 Å². The van der Waals surface area contributed by atoms with Crippen LogP contribution in [0.1, 0.15) is 17.3 Å². The minimum absolute atomic E-state index is 0.325. The minimum Gasteiger partial charge on any atom is -0.452 e. The molecule has 0 unspecified atom stereocenters. The molecular formula is C20H20N2O3S. The molecule has 0 aliphatic carbocycles. The lowest BCUT2D eigenvalue weighted by atomic mass is 10.2. The number of nitrogens with zero attached hydrogens (tertiary/aromatic N) is 1. The first kappa shape index (κ1) is 18.1. The smallest absolute Gasteiger partial charge is 0.340 e. The third kappa shape index (κ3) is 3.91. The molecule has 0 aliphatic rings. The number of hydrogen-bond donors (Lipinski definition) is 1. The van der Waals surface area contributed by atoms with E-state index in [1.165, 1.54) is 0 Å². The maximum atomic E-state index is 12.4. The molecule has 3 aromatic rings. The molecule has 1 aromatic heterocycles. The Hall–Kier alpha value is -2.73. The van der Waals surface area contributed by atoms with Crippen LogP contribution < -0.4 is 5.32 Å². The van der Waals surface area contributed by atoms with Gasteiger partial charge in [-0.05, 0) is 37.4 Å². The maximum Gasteiger partial charge on any atom is 0.340 e. The van der Waals surface area contributed by atoms with Crippen molar-refractivity contribution in [3.8, 4) is 0 Å². The molecule has 0 saturated heterocycles. The van der Waals surface area contributed by atoms with E-state index in [0.29, 0.717) is 11.3 Å². The zero-order chi connectivity index (χ0) is 18.5. The third-order valence-corrected chi connectivity index (χ3v) is 4.76. The molecule has 1 N–H and O–H groups in total. The number of aryl methyl sites for hydroxylation is 1. The average Bonchev–Trinajstić information content (AvgIpc) is 3.05. The summed E-state index contributed by atoms with van der Waals surface area (Å²) in [4.78, 5) is 25.5. The van der Waals surface area contributed by atoms with Crippen LogP contribution in [0.2, 0.25) is 0 Å². The van der Waals surface area contributed by atoms with Gasteiger partial charge in [0, 0.05) is 34.2 Å². The van der Waals surface area contributed by atoms with Crippen molar-refractivity contribution >= 4 is 40.2 Å². The van der Waals surface area contributed by atoms with Crippen molar-refractivity contribution in [3.05, 3.63) is 60.3 Å². The van der Waals surface area contributed by atoms with Crippen molar-refractivity contribution in [1.29, 1.82) is 0 Å². The average molecular weight is 368 g/mol. The zero-order valence-corrected chi connectivity index (χ0v) is 15.5. The lowest BCUT2D eigenvalue weighted by Gasteiger charge is -2.07. The van der Waals surface area contributed by atoms with E-state index < -0.39 is 5.97 Å². The predicted molar refractivity (Wildman–Crippen MR) is 105 cm³/mol. The number of para-hydroxylation sites is 1. The second kappa shape index (κ2) is 8.10. The molecule has 1 heterocycles. The van der Waals surface area contributed by atoms with E-state index in [2.05, 4.69) is 5.32 Å². The second-order valence-electron chi connectivity index (χ2n) is 5.70. The molecule has 0 saturated carbocycles. The van der Waals surface area contributed by atoms with Crippen LogP contribution in [0.3, 0.4) is 0 Å². The van der Waals surface area contributed by atoms with Crippen LogP contribution in [0.5, 0.6) is 0 Å². The van der Waals surface area contributed by atoms with Crippen LogP contribution in [0.25, 0.3) is 10.9 Å². The van der Waals surface area contributed by atoms with E-state index in [4.69, 9.17) is 4.74 Å². The summed E-state index contributed by atoms with van der Waals surface area (Å²) < 4.78 is 7.20. The molecule has 1 amide bonds. The summed E-state index contributed by atoms with van der Waals surface area (Å²) in [6, 6.07) is 15.2. The molecule has 0 radical (unpaired) electrons. The number of thioether (sulfide) groups is 1. The highest BCUT2D eigenvalue weighted by Crippen LogP contribution is 2.22. The van der Waals surface area contributed by atoms with Crippen molar-refractivity contribution in [2.24, 2.45) is 0 Å². The number of amides is 1. The van der Waals surface area contributed by atoms with Gasteiger partial charge in [-0.1, -0.05) is 24.3 Å². The van der Waals surface area contributed by atoms with Crippen molar-refractivity contribution in [1.82, 2.24) is 4.57 Å². The number of rotatable bonds is 6. The number of carbonyl (C=O) groups is 2. The standard InChI is InChI=1S/C20H20N2O3S/c1-3-22-12-17(16-9-4-5-10-18(16)22)20(24)25-13-19(23)21-14-7-6-8-15(11-14)26-2/h4-12H,3,13H2,1-2H3,(H,21,23). The molecule has 0 bridgehead atoms.